The van der Waals surface area contributed by atoms with Gasteiger partial charge in [-0.25, -0.2) is 4.79 Å². The molecular weight excluding hydrogens is 182 g/mol. The van der Waals surface area contributed by atoms with Gasteiger partial charge in [-0.15, -0.1) is 0 Å². The summed E-state index contributed by atoms with van der Waals surface area (Å²) in [5.41, 5.74) is 4.23. The van der Waals surface area contributed by atoms with Crippen LogP contribution in [0.4, 0.5) is 5.82 Å². The number of anilines is 1. The molecule has 76 valence electrons. The van der Waals surface area contributed by atoms with Crippen molar-refractivity contribution in [2.45, 2.75) is 13.5 Å². The molecule has 2 N–H and O–H groups in total. The molecule has 0 radical (unpaired) electrons. The number of nitrogens with zero attached hydrogens (tertiary/aromatic N) is 2. The van der Waals surface area contributed by atoms with Gasteiger partial charge in [0, 0.05) is 23.7 Å². The molecular formula is C9H13N3O2. The standard InChI is InChI=1S/C9H13N3O2/c1-6(2)5-12-7(10)4-8(13)11(3)9(12)14/h4H,1,5,10H2,2-3H3/i3D3. The summed E-state index contributed by atoms with van der Waals surface area (Å²) in [7, 11) is 0. The van der Waals surface area contributed by atoms with Gasteiger partial charge in [-0.05, 0) is 6.92 Å². The Labute approximate surface area is 85.3 Å². The SMILES string of the molecule is [2H]C([2H])([2H])n1c(=O)cc(N)n(CC(=C)C)c1=O. The van der Waals surface area contributed by atoms with Gasteiger partial charge in [-0.3, -0.25) is 13.9 Å². The van der Waals surface area contributed by atoms with E-state index in [1.807, 2.05) is 0 Å². The van der Waals surface area contributed by atoms with Gasteiger partial charge in [0.05, 0.1) is 0 Å². The highest BCUT2D eigenvalue weighted by atomic mass is 16.2. The van der Waals surface area contributed by atoms with Crippen LogP contribution in [0, 0.1) is 0 Å². The lowest BCUT2D eigenvalue weighted by Crippen LogP contribution is -2.38. The Balaban J connectivity index is 3.61. The fourth-order valence-corrected chi connectivity index (χ4v) is 1.02. The second kappa shape index (κ2) is 3.53. The fraction of sp³-hybridized carbons (Fsp3) is 0.333. The Hall–Kier alpha value is -1.78. The summed E-state index contributed by atoms with van der Waals surface area (Å²) in [5, 5.41) is 0. The number of nitrogen functional groups attached to an aromatic ring is 1. The van der Waals surface area contributed by atoms with Crippen molar-refractivity contribution in [1.82, 2.24) is 9.13 Å². The molecule has 1 aromatic heterocycles. The van der Waals surface area contributed by atoms with Crippen molar-refractivity contribution in [2.24, 2.45) is 6.98 Å². The number of aromatic nitrogens is 2. The first kappa shape index (κ1) is 6.64. The Morgan fingerprint density at radius 2 is 2.36 bits per heavy atom. The highest BCUT2D eigenvalue weighted by Crippen LogP contribution is 1.98. The van der Waals surface area contributed by atoms with Gasteiger partial charge in [-0.1, -0.05) is 12.2 Å². The van der Waals surface area contributed by atoms with Crippen LogP contribution in [0.25, 0.3) is 0 Å². The first-order chi connectivity index (χ1) is 7.64. The second-order valence-corrected chi connectivity index (χ2v) is 3.07. The van der Waals surface area contributed by atoms with Crippen LogP contribution in [0.1, 0.15) is 11.0 Å². The minimum Gasteiger partial charge on any atom is -0.385 e. The van der Waals surface area contributed by atoms with Crippen LogP contribution in [0.2, 0.25) is 0 Å². The van der Waals surface area contributed by atoms with Crippen molar-refractivity contribution in [3.05, 3.63) is 39.1 Å². The van der Waals surface area contributed by atoms with Gasteiger partial charge in [0.25, 0.3) is 5.56 Å². The molecule has 0 saturated carbocycles. The third-order valence-corrected chi connectivity index (χ3v) is 1.65. The van der Waals surface area contributed by atoms with Gasteiger partial charge in [-0.2, -0.15) is 0 Å². The summed E-state index contributed by atoms with van der Waals surface area (Å²) in [6, 6.07) is 0.913. The topological polar surface area (TPSA) is 70.0 Å². The molecule has 0 fully saturated rings. The van der Waals surface area contributed by atoms with E-state index in [1.165, 1.54) is 0 Å². The average Bonchev–Trinajstić information content (AvgIpc) is 2.08. The van der Waals surface area contributed by atoms with Crippen molar-refractivity contribution in [3.63, 3.8) is 0 Å². The van der Waals surface area contributed by atoms with Crippen LogP contribution in [0.3, 0.4) is 0 Å². The summed E-state index contributed by atoms with van der Waals surface area (Å²) in [5.74, 6) is -0.0801. The third kappa shape index (κ3) is 1.76. The molecule has 5 nitrogen and oxygen atoms in total. The number of rotatable bonds is 2. The molecule has 14 heavy (non-hydrogen) atoms. The summed E-state index contributed by atoms with van der Waals surface area (Å²) in [6.45, 7) is 2.52. The van der Waals surface area contributed by atoms with E-state index in [4.69, 9.17) is 9.85 Å². The molecule has 0 atom stereocenters. The van der Waals surface area contributed by atoms with E-state index in [1.54, 1.807) is 6.92 Å². The third-order valence-electron chi connectivity index (χ3n) is 1.65. The van der Waals surface area contributed by atoms with Gasteiger partial charge < -0.3 is 5.73 Å². The van der Waals surface area contributed by atoms with E-state index < -0.39 is 18.2 Å². The maximum Gasteiger partial charge on any atom is 0.332 e. The lowest BCUT2D eigenvalue weighted by atomic mass is 10.3. The van der Waals surface area contributed by atoms with E-state index in [2.05, 4.69) is 6.58 Å². The van der Waals surface area contributed by atoms with Gasteiger partial charge in [0.15, 0.2) is 0 Å². The van der Waals surface area contributed by atoms with Gasteiger partial charge in [0.2, 0.25) is 0 Å². The Kier molecular flexibility index (Phi) is 1.67. The Morgan fingerprint density at radius 3 is 2.86 bits per heavy atom. The fourth-order valence-electron chi connectivity index (χ4n) is 1.02. The first-order valence-electron chi connectivity index (χ1n) is 5.42. The van der Waals surface area contributed by atoms with Gasteiger partial charge >= 0.3 is 5.69 Å². The van der Waals surface area contributed by atoms with Crippen molar-refractivity contribution in [3.8, 4) is 0 Å². The molecule has 1 rings (SSSR count). The molecule has 0 aromatic carbocycles. The number of hydrogen-bond acceptors (Lipinski definition) is 3. The summed E-state index contributed by atoms with van der Waals surface area (Å²) in [4.78, 5) is 23.3. The Bertz CT molecular complexity index is 568. The second-order valence-electron chi connectivity index (χ2n) is 3.07. The number of nitrogens with two attached hydrogens (primary N) is 1. The van der Waals surface area contributed by atoms with E-state index in [-0.39, 0.29) is 16.9 Å². The van der Waals surface area contributed by atoms with E-state index in [9.17, 15) is 9.59 Å². The zero-order valence-electron chi connectivity index (χ0n) is 10.8. The normalized spacial score (nSPS) is 14.2. The molecule has 5 heteroatoms. The van der Waals surface area contributed by atoms with Crippen molar-refractivity contribution < 1.29 is 4.11 Å². The maximum atomic E-state index is 11.8. The predicted molar refractivity (Wildman–Crippen MR) is 55.2 cm³/mol. The highest BCUT2D eigenvalue weighted by molar-refractivity contribution is 5.27. The predicted octanol–water partition coefficient (Wildman–Crippen LogP) is -0.295. The average molecular weight is 198 g/mol. The van der Waals surface area contributed by atoms with Crippen LogP contribution >= 0.6 is 0 Å². The molecule has 0 aliphatic carbocycles. The smallest absolute Gasteiger partial charge is 0.332 e. The monoisotopic (exact) mass is 198 g/mol. The van der Waals surface area contributed by atoms with Crippen molar-refractivity contribution in [2.75, 3.05) is 5.73 Å². The Morgan fingerprint density at radius 1 is 1.71 bits per heavy atom. The van der Waals surface area contributed by atoms with E-state index in [0.717, 1.165) is 10.6 Å². The number of allylic oxidation sites excluding steroid dienone is 1. The molecule has 0 bridgehead atoms. The van der Waals surface area contributed by atoms with E-state index in [0.29, 0.717) is 5.57 Å². The molecule has 0 spiro atoms. The molecule has 0 unspecified atom stereocenters. The minimum absolute atomic E-state index is 0.0705. The van der Waals surface area contributed by atoms with Crippen LogP contribution in [-0.2, 0) is 13.5 Å². The van der Waals surface area contributed by atoms with Crippen LogP contribution in [0.5, 0.6) is 0 Å². The number of hydrogen-bond donors (Lipinski definition) is 1. The highest BCUT2D eigenvalue weighted by Gasteiger charge is 2.05. The van der Waals surface area contributed by atoms with Crippen molar-refractivity contribution >= 4 is 5.82 Å². The van der Waals surface area contributed by atoms with Crippen LogP contribution in [-0.4, -0.2) is 9.13 Å². The quantitative estimate of drug-likeness (QED) is 0.663. The lowest BCUT2D eigenvalue weighted by Gasteiger charge is -2.09. The lowest BCUT2D eigenvalue weighted by molar-refractivity contribution is 0.650. The van der Waals surface area contributed by atoms with Crippen LogP contribution < -0.4 is 17.0 Å². The largest absolute Gasteiger partial charge is 0.385 e. The molecule has 0 aliphatic rings. The van der Waals surface area contributed by atoms with Gasteiger partial charge in [0.1, 0.15) is 5.82 Å². The molecule has 0 aliphatic heterocycles. The summed E-state index contributed by atoms with van der Waals surface area (Å²) >= 11 is 0. The zero-order valence-corrected chi connectivity index (χ0v) is 7.78. The molecule has 0 amide bonds. The molecule has 1 aromatic rings. The zero-order chi connectivity index (χ0) is 13.4. The summed E-state index contributed by atoms with van der Waals surface area (Å²) < 4.78 is 22.6. The summed E-state index contributed by atoms with van der Waals surface area (Å²) in [6.07, 6.45) is 0. The maximum absolute atomic E-state index is 11.8. The van der Waals surface area contributed by atoms with Crippen molar-refractivity contribution in [1.29, 1.82) is 0 Å². The molecule has 0 saturated heterocycles. The van der Waals surface area contributed by atoms with E-state index >= 15 is 0 Å². The minimum atomic E-state index is -2.82. The van der Waals surface area contributed by atoms with Crippen LogP contribution in [0.15, 0.2) is 27.8 Å². The molecule has 1 heterocycles. The first-order valence-corrected chi connectivity index (χ1v) is 3.92.